The molecule has 0 radical (unpaired) electrons. The molecule has 138 valence electrons. The van der Waals surface area contributed by atoms with Gasteiger partial charge in [0.1, 0.15) is 5.58 Å². The lowest BCUT2D eigenvalue weighted by Gasteiger charge is -2.07. The third-order valence-electron chi connectivity index (χ3n) is 5.04. The van der Waals surface area contributed by atoms with Crippen molar-refractivity contribution in [1.29, 1.82) is 0 Å². The molecule has 0 fully saturated rings. The van der Waals surface area contributed by atoms with Crippen LogP contribution in [-0.2, 0) is 6.42 Å². The van der Waals surface area contributed by atoms with Gasteiger partial charge in [0.2, 0.25) is 5.71 Å². The van der Waals surface area contributed by atoms with Gasteiger partial charge in [0.05, 0.1) is 11.1 Å². The minimum atomic E-state index is 0.610. The van der Waals surface area contributed by atoms with Crippen LogP contribution in [0.15, 0.2) is 59.1 Å². The van der Waals surface area contributed by atoms with Crippen molar-refractivity contribution in [1.82, 2.24) is 15.0 Å². The maximum atomic E-state index is 6.12. The van der Waals surface area contributed by atoms with Gasteiger partial charge >= 0.3 is 0 Å². The molecule has 5 rings (SSSR count). The molecule has 0 amide bonds. The summed E-state index contributed by atoms with van der Waals surface area (Å²) in [4.78, 5) is 14.0. The summed E-state index contributed by atoms with van der Waals surface area (Å²) in [6, 6.07) is 16.6. The minimum absolute atomic E-state index is 0.610. The summed E-state index contributed by atoms with van der Waals surface area (Å²) in [6.45, 7) is 6.43. The fourth-order valence-corrected chi connectivity index (χ4v) is 3.74. The largest absolute Gasteiger partial charge is 0.437 e. The van der Waals surface area contributed by atoms with E-state index < -0.39 is 0 Å². The molecule has 4 nitrogen and oxygen atoms in total. The van der Waals surface area contributed by atoms with Crippen molar-refractivity contribution in [2.24, 2.45) is 5.92 Å². The molecule has 3 heterocycles. The molecule has 0 spiro atoms. The Labute approximate surface area is 163 Å². The van der Waals surface area contributed by atoms with Crippen molar-refractivity contribution in [3.63, 3.8) is 0 Å². The molecule has 0 aliphatic heterocycles. The number of hydrogen-bond donors (Lipinski definition) is 0. The molecule has 28 heavy (non-hydrogen) atoms. The second-order valence-electron chi connectivity index (χ2n) is 7.77. The van der Waals surface area contributed by atoms with Crippen LogP contribution in [0.1, 0.15) is 25.1 Å². The molecular formula is C24H21N3O. The number of aryl methyl sites for hydroxylation is 1. The summed E-state index contributed by atoms with van der Waals surface area (Å²) in [5, 5.41) is 3.10. The van der Waals surface area contributed by atoms with E-state index in [1.165, 1.54) is 5.56 Å². The Morgan fingerprint density at radius 3 is 2.71 bits per heavy atom. The molecule has 0 saturated carbocycles. The third-order valence-corrected chi connectivity index (χ3v) is 5.04. The average Bonchev–Trinajstić information content (AvgIpc) is 3.04. The standard InChI is InChI=1S/C24H21N3O/c1-14(2)11-16-8-9-17-13-25-23(27-21(17)12-16)20-6-4-5-18-19-10-7-15(3)26-24(19)28-22(18)20/h4-10,12-14H,11H2,1-3H3. The summed E-state index contributed by atoms with van der Waals surface area (Å²) in [7, 11) is 0. The molecule has 0 bridgehead atoms. The molecule has 2 aromatic carbocycles. The van der Waals surface area contributed by atoms with Gasteiger partial charge in [0.25, 0.3) is 0 Å². The molecule has 4 heteroatoms. The number of rotatable bonds is 3. The Morgan fingerprint density at radius 2 is 1.86 bits per heavy atom. The SMILES string of the molecule is Cc1ccc2c(n1)oc1c(-c3ncc4ccc(CC(C)C)cc4n3)cccc12. The lowest BCUT2D eigenvalue weighted by Crippen LogP contribution is -1.95. The number of benzene rings is 2. The summed E-state index contributed by atoms with van der Waals surface area (Å²) >= 11 is 0. The predicted molar refractivity (Wildman–Crippen MR) is 113 cm³/mol. The van der Waals surface area contributed by atoms with Crippen molar-refractivity contribution in [3.05, 3.63) is 66.0 Å². The van der Waals surface area contributed by atoms with Crippen LogP contribution < -0.4 is 0 Å². The van der Waals surface area contributed by atoms with Crippen LogP contribution in [0.5, 0.6) is 0 Å². The van der Waals surface area contributed by atoms with Crippen LogP contribution in [0, 0.1) is 12.8 Å². The minimum Gasteiger partial charge on any atom is -0.437 e. The van der Waals surface area contributed by atoms with Gasteiger partial charge in [-0.1, -0.05) is 38.1 Å². The summed E-state index contributed by atoms with van der Waals surface area (Å²) in [5.41, 5.74) is 5.53. The highest BCUT2D eigenvalue weighted by Gasteiger charge is 2.15. The molecule has 0 aliphatic carbocycles. The lowest BCUT2D eigenvalue weighted by molar-refractivity contribution is 0.647. The first-order valence-corrected chi connectivity index (χ1v) is 9.63. The molecule has 3 aromatic heterocycles. The molecule has 0 atom stereocenters. The number of nitrogens with zero attached hydrogens (tertiary/aromatic N) is 3. The highest BCUT2D eigenvalue weighted by molar-refractivity contribution is 6.08. The Hall–Kier alpha value is -3.27. The van der Waals surface area contributed by atoms with Gasteiger partial charge in [-0.25, -0.2) is 15.0 Å². The van der Waals surface area contributed by atoms with Crippen LogP contribution in [0.4, 0.5) is 0 Å². The van der Waals surface area contributed by atoms with E-state index in [0.717, 1.165) is 44.9 Å². The van der Waals surface area contributed by atoms with E-state index in [1.807, 2.05) is 31.3 Å². The second-order valence-corrected chi connectivity index (χ2v) is 7.77. The maximum absolute atomic E-state index is 6.12. The Kier molecular flexibility index (Phi) is 3.86. The van der Waals surface area contributed by atoms with Crippen LogP contribution in [0.25, 0.3) is 44.4 Å². The summed E-state index contributed by atoms with van der Waals surface area (Å²) in [5.74, 6) is 1.29. The van der Waals surface area contributed by atoms with E-state index in [1.54, 1.807) is 0 Å². The first-order chi connectivity index (χ1) is 13.6. The predicted octanol–water partition coefficient (Wildman–Crippen LogP) is 6.10. The van der Waals surface area contributed by atoms with Crippen molar-refractivity contribution in [3.8, 4) is 11.4 Å². The van der Waals surface area contributed by atoms with Crippen LogP contribution >= 0.6 is 0 Å². The Bertz CT molecular complexity index is 1330. The van der Waals surface area contributed by atoms with E-state index in [4.69, 9.17) is 9.40 Å². The van der Waals surface area contributed by atoms with Gasteiger partial charge in [-0.15, -0.1) is 0 Å². The monoisotopic (exact) mass is 367 g/mol. The van der Waals surface area contributed by atoms with Crippen LogP contribution in [0.2, 0.25) is 0 Å². The first-order valence-electron chi connectivity index (χ1n) is 9.63. The van der Waals surface area contributed by atoms with Crippen LogP contribution in [0.3, 0.4) is 0 Å². The van der Waals surface area contributed by atoms with Gasteiger partial charge in [0.15, 0.2) is 5.82 Å². The average molecular weight is 367 g/mol. The van der Waals surface area contributed by atoms with Gasteiger partial charge in [-0.05, 0) is 49.1 Å². The fourth-order valence-electron chi connectivity index (χ4n) is 3.74. The molecule has 5 aromatic rings. The summed E-state index contributed by atoms with van der Waals surface area (Å²) in [6.07, 6.45) is 2.93. The number of aromatic nitrogens is 3. The number of para-hydroxylation sites is 1. The molecule has 0 N–H and O–H groups in total. The molecule has 0 saturated heterocycles. The number of pyridine rings is 1. The fraction of sp³-hybridized carbons (Fsp3) is 0.208. The zero-order chi connectivity index (χ0) is 19.3. The van der Waals surface area contributed by atoms with Crippen molar-refractivity contribution in [2.75, 3.05) is 0 Å². The van der Waals surface area contributed by atoms with Crippen molar-refractivity contribution in [2.45, 2.75) is 27.2 Å². The van der Waals surface area contributed by atoms with Gasteiger partial charge in [-0.2, -0.15) is 0 Å². The molecular weight excluding hydrogens is 346 g/mol. The third kappa shape index (κ3) is 2.82. The van der Waals surface area contributed by atoms with E-state index in [-0.39, 0.29) is 0 Å². The zero-order valence-corrected chi connectivity index (χ0v) is 16.2. The van der Waals surface area contributed by atoms with Gasteiger partial charge in [0, 0.05) is 28.0 Å². The van der Waals surface area contributed by atoms with E-state index in [9.17, 15) is 0 Å². The highest BCUT2D eigenvalue weighted by Crippen LogP contribution is 2.34. The van der Waals surface area contributed by atoms with E-state index in [0.29, 0.717) is 17.5 Å². The Morgan fingerprint density at radius 1 is 0.964 bits per heavy atom. The van der Waals surface area contributed by atoms with Gasteiger partial charge < -0.3 is 4.42 Å². The lowest BCUT2D eigenvalue weighted by atomic mass is 10.0. The number of furan rings is 1. The van der Waals surface area contributed by atoms with Crippen molar-refractivity contribution >= 4 is 33.0 Å². The smallest absolute Gasteiger partial charge is 0.227 e. The maximum Gasteiger partial charge on any atom is 0.227 e. The van der Waals surface area contributed by atoms with E-state index in [2.05, 4.69) is 54.1 Å². The molecule has 0 aliphatic rings. The topological polar surface area (TPSA) is 51.8 Å². The quantitative estimate of drug-likeness (QED) is 0.387. The van der Waals surface area contributed by atoms with Gasteiger partial charge in [-0.3, -0.25) is 0 Å². The number of fused-ring (bicyclic) bond motifs is 4. The van der Waals surface area contributed by atoms with E-state index >= 15 is 0 Å². The Balaban J connectivity index is 1.70. The molecule has 0 unspecified atom stereocenters. The van der Waals surface area contributed by atoms with Crippen LogP contribution in [-0.4, -0.2) is 15.0 Å². The highest BCUT2D eigenvalue weighted by atomic mass is 16.3. The number of hydrogen-bond acceptors (Lipinski definition) is 4. The first kappa shape index (κ1) is 16.9. The summed E-state index contributed by atoms with van der Waals surface area (Å²) < 4.78 is 6.12. The normalized spacial score (nSPS) is 11.9. The second kappa shape index (κ2) is 6.41. The zero-order valence-electron chi connectivity index (χ0n) is 16.2. The van der Waals surface area contributed by atoms with Crippen molar-refractivity contribution < 1.29 is 4.42 Å².